The molecule has 170 valence electrons. The molecular formula is C18H18F4N2O7. The fraction of sp³-hybridized carbons (Fsp3) is 0.222. The fourth-order valence-corrected chi connectivity index (χ4v) is 1.83. The highest BCUT2D eigenvalue weighted by atomic mass is 19.1. The largest absolute Gasteiger partial charge is 0.465 e. The Bertz CT molecular complexity index is 955. The summed E-state index contributed by atoms with van der Waals surface area (Å²) in [6.45, 7) is 1.93. The molecule has 0 fully saturated rings. The highest BCUT2D eigenvalue weighted by Gasteiger charge is 2.26. The van der Waals surface area contributed by atoms with Crippen LogP contribution in [-0.4, -0.2) is 42.8 Å². The molecule has 0 aliphatic heterocycles. The Kier molecular flexibility index (Phi) is 11.2. The Morgan fingerprint density at radius 3 is 1.74 bits per heavy atom. The van der Waals surface area contributed by atoms with Gasteiger partial charge >= 0.3 is 17.6 Å². The topological polar surface area (TPSA) is 142 Å². The number of hydrogen-bond acceptors (Lipinski definition) is 8. The molecule has 0 amide bonds. The predicted octanol–water partition coefficient (Wildman–Crippen LogP) is 2.99. The first-order valence-corrected chi connectivity index (χ1v) is 8.11. The summed E-state index contributed by atoms with van der Waals surface area (Å²) in [5.41, 5.74) is 2.04. The summed E-state index contributed by atoms with van der Waals surface area (Å²) >= 11 is 0. The molecule has 2 aromatic rings. The first-order valence-electron chi connectivity index (χ1n) is 8.11. The van der Waals surface area contributed by atoms with Gasteiger partial charge in [-0.3, -0.25) is 10.1 Å². The Hall–Kier alpha value is -3.74. The molecule has 0 aliphatic carbocycles. The van der Waals surface area contributed by atoms with Gasteiger partial charge in [-0.2, -0.15) is 4.39 Å². The minimum Gasteiger partial charge on any atom is -0.465 e. The number of nitrogens with two attached hydrogens (primary N) is 1. The van der Waals surface area contributed by atoms with Crippen LogP contribution in [0.5, 0.6) is 0 Å². The Labute approximate surface area is 173 Å². The van der Waals surface area contributed by atoms with Crippen molar-refractivity contribution in [2.75, 3.05) is 26.6 Å². The highest BCUT2D eigenvalue weighted by Crippen LogP contribution is 2.23. The Balaban J connectivity index is 0.000000519. The van der Waals surface area contributed by atoms with Gasteiger partial charge in [-0.15, -0.1) is 0 Å². The quantitative estimate of drug-likeness (QED) is 0.239. The first kappa shape index (κ1) is 27.3. The molecular weight excluding hydrogens is 432 g/mol. The molecule has 0 aromatic heterocycles. The van der Waals surface area contributed by atoms with Gasteiger partial charge in [-0.25, -0.2) is 22.8 Å². The maximum atomic E-state index is 13.2. The molecule has 0 spiro atoms. The van der Waals surface area contributed by atoms with E-state index in [0.717, 1.165) is 26.4 Å². The number of rotatable bonds is 3. The molecule has 2 aromatic carbocycles. The maximum Gasteiger partial charge on any atom is 0.344 e. The van der Waals surface area contributed by atoms with Gasteiger partial charge in [0.25, 0.3) is 0 Å². The Morgan fingerprint density at radius 1 is 0.968 bits per heavy atom. The van der Waals surface area contributed by atoms with E-state index in [2.05, 4.69) is 9.47 Å². The molecule has 0 saturated heterocycles. The molecule has 0 aliphatic rings. The van der Waals surface area contributed by atoms with Crippen LogP contribution in [0.4, 0.5) is 28.9 Å². The summed E-state index contributed by atoms with van der Waals surface area (Å²) in [5, 5.41) is 17.9. The van der Waals surface area contributed by atoms with Gasteiger partial charge in [0, 0.05) is 12.7 Å². The zero-order valence-corrected chi connectivity index (χ0v) is 16.4. The van der Waals surface area contributed by atoms with Crippen molar-refractivity contribution < 1.29 is 46.7 Å². The molecule has 0 unspecified atom stereocenters. The summed E-state index contributed by atoms with van der Waals surface area (Å²) in [5.74, 6) is -7.20. The number of hydrogen-bond donors (Lipinski definition) is 2. The van der Waals surface area contributed by atoms with E-state index in [9.17, 15) is 37.3 Å². The van der Waals surface area contributed by atoms with E-state index in [-0.39, 0.29) is 12.3 Å². The third-order valence-electron chi connectivity index (χ3n) is 3.17. The summed E-state index contributed by atoms with van der Waals surface area (Å²) in [6, 6.07) is 3.21. The monoisotopic (exact) mass is 450 g/mol. The van der Waals surface area contributed by atoms with Crippen molar-refractivity contribution in [3.8, 4) is 0 Å². The minimum atomic E-state index is -1.54. The van der Waals surface area contributed by atoms with Gasteiger partial charge < -0.3 is 20.3 Å². The van der Waals surface area contributed by atoms with E-state index in [1.165, 1.54) is 0 Å². The summed E-state index contributed by atoms with van der Waals surface area (Å²) in [4.78, 5) is 31.0. The van der Waals surface area contributed by atoms with E-state index in [1.807, 2.05) is 0 Å². The van der Waals surface area contributed by atoms with Crippen molar-refractivity contribution in [1.82, 2.24) is 0 Å². The van der Waals surface area contributed by atoms with E-state index in [0.29, 0.717) is 12.1 Å². The van der Waals surface area contributed by atoms with Crippen LogP contribution in [0.25, 0.3) is 0 Å². The van der Waals surface area contributed by atoms with E-state index >= 15 is 0 Å². The number of nitrogens with zero attached hydrogens (tertiary/aromatic N) is 1. The molecule has 0 heterocycles. The zero-order chi connectivity index (χ0) is 24.3. The number of aliphatic hydroxyl groups is 1. The molecule has 0 atom stereocenters. The number of aliphatic hydroxyl groups excluding tert-OH is 1. The van der Waals surface area contributed by atoms with E-state index in [1.54, 1.807) is 6.92 Å². The van der Waals surface area contributed by atoms with Crippen LogP contribution in [-0.2, 0) is 9.47 Å². The van der Waals surface area contributed by atoms with Crippen molar-refractivity contribution in [2.45, 2.75) is 6.92 Å². The number of halogens is 4. The first-order chi connectivity index (χ1) is 14.5. The number of esters is 2. The van der Waals surface area contributed by atoms with Crippen molar-refractivity contribution >= 4 is 23.3 Å². The van der Waals surface area contributed by atoms with Crippen LogP contribution in [0.1, 0.15) is 27.6 Å². The van der Waals surface area contributed by atoms with Crippen molar-refractivity contribution in [3.05, 3.63) is 68.8 Å². The molecule has 31 heavy (non-hydrogen) atoms. The van der Waals surface area contributed by atoms with Gasteiger partial charge in [0.1, 0.15) is 22.8 Å². The van der Waals surface area contributed by atoms with Crippen LogP contribution >= 0.6 is 0 Å². The second-order valence-corrected chi connectivity index (χ2v) is 5.14. The summed E-state index contributed by atoms with van der Waals surface area (Å²) in [6.07, 6.45) is 0. The fourth-order valence-electron chi connectivity index (χ4n) is 1.83. The van der Waals surface area contributed by atoms with Gasteiger partial charge in [-0.1, -0.05) is 0 Å². The molecule has 0 radical (unpaired) electrons. The van der Waals surface area contributed by atoms with Gasteiger partial charge in [-0.05, 0) is 25.1 Å². The van der Waals surface area contributed by atoms with Gasteiger partial charge in [0.05, 0.1) is 24.8 Å². The van der Waals surface area contributed by atoms with Crippen LogP contribution in [0.15, 0.2) is 24.3 Å². The number of nitro groups is 1. The molecule has 0 saturated carbocycles. The van der Waals surface area contributed by atoms with E-state index in [4.69, 9.17) is 10.8 Å². The summed E-state index contributed by atoms with van der Waals surface area (Å²) in [7, 11) is 1.95. The highest BCUT2D eigenvalue weighted by molar-refractivity contribution is 5.91. The van der Waals surface area contributed by atoms with Gasteiger partial charge in [0.2, 0.25) is 5.82 Å². The second-order valence-electron chi connectivity index (χ2n) is 5.14. The van der Waals surface area contributed by atoms with Crippen LogP contribution in [0.2, 0.25) is 0 Å². The lowest BCUT2D eigenvalue weighted by Crippen LogP contribution is -2.09. The molecule has 0 bridgehead atoms. The SMILES string of the molecule is CCO.COC(=O)c1c(F)ccc(N)c1F.COC(=O)c1c(F)ccc([N+](=O)[O-])c1F. The maximum absolute atomic E-state index is 13.2. The van der Waals surface area contributed by atoms with Crippen molar-refractivity contribution in [2.24, 2.45) is 0 Å². The number of methoxy groups -OCH3 is 2. The number of nitro benzene ring substituents is 1. The average Bonchev–Trinajstić information content (AvgIpc) is 2.71. The number of anilines is 1. The van der Waals surface area contributed by atoms with Crippen LogP contribution < -0.4 is 5.73 Å². The third-order valence-corrected chi connectivity index (χ3v) is 3.17. The van der Waals surface area contributed by atoms with E-state index < -0.39 is 56.9 Å². The number of ether oxygens (including phenoxy) is 2. The minimum absolute atomic E-state index is 0.250. The standard InChI is InChI=1S/C8H5F2NO4.C8H7F2NO2.C2H6O/c1-15-8(12)6-4(9)2-3-5(7(6)10)11(13)14;1-13-8(12)6-4(9)2-3-5(11)7(6)10;1-2-3/h2-3H,1H3;2-3H,11H2,1H3;3H,2H2,1H3. The molecule has 9 nitrogen and oxygen atoms in total. The molecule has 13 heteroatoms. The second kappa shape index (κ2) is 12.7. The lowest BCUT2D eigenvalue weighted by atomic mass is 10.1. The number of nitrogen functional groups attached to an aromatic ring is 1. The average molecular weight is 450 g/mol. The zero-order valence-electron chi connectivity index (χ0n) is 16.4. The third kappa shape index (κ3) is 7.22. The Morgan fingerprint density at radius 2 is 1.35 bits per heavy atom. The smallest absolute Gasteiger partial charge is 0.344 e. The van der Waals surface area contributed by atoms with Crippen LogP contribution in [0, 0.1) is 33.4 Å². The van der Waals surface area contributed by atoms with Crippen molar-refractivity contribution in [1.29, 1.82) is 0 Å². The summed E-state index contributed by atoms with van der Waals surface area (Å²) < 4.78 is 60.4. The predicted molar refractivity (Wildman–Crippen MR) is 99.2 cm³/mol. The number of carbonyl (C=O) groups excluding carboxylic acids is 2. The number of carbonyl (C=O) groups is 2. The van der Waals surface area contributed by atoms with Crippen molar-refractivity contribution in [3.63, 3.8) is 0 Å². The lowest BCUT2D eigenvalue weighted by Gasteiger charge is -2.04. The molecule has 2 rings (SSSR count). The molecule has 3 N–H and O–H groups in total. The number of benzene rings is 2. The van der Waals surface area contributed by atoms with Crippen LogP contribution in [0.3, 0.4) is 0 Å². The lowest BCUT2D eigenvalue weighted by molar-refractivity contribution is -0.387. The normalized spacial score (nSPS) is 9.42. The van der Waals surface area contributed by atoms with Gasteiger partial charge in [0.15, 0.2) is 5.82 Å².